The zero-order valence-electron chi connectivity index (χ0n) is 12.3. The van der Waals surface area contributed by atoms with Crippen molar-refractivity contribution in [3.63, 3.8) is 0 Å². The Kier molecular flexibility index (Phi) is 6.00. The second-order valence-corrected chi connectivity index (χ2v) is 5.43. The Morgan fingerprint density at radius 1 is 1.57 bits per heavy atom. The summed E-state index contributed by atoms with van der Waals surface area (Å²) in [6.07, 6.45) is 0.488. The molecule has 5 heteroatoms. The minimum atomic E-state index is -0.583. The summed E-state index contributed by atoms with van der Waals surface area (Å²) in [6.45, 7) is 4.42. The van der Waals surface area contributed by atoms with Crippen LogP contribution in [-0.2, 0) is 4.74 Å². The molecular weight excluding hydrogens is 268 g/mol. The third-order valence-electron chi connectivity index (χ3n) is 3.75. The van der Waals surface area contributed by atoms with Crippen molar-refractivity contribution in [3.05, 3.63) is 29.8 Å². The third kappa shape index (κ3) is 5.01. The maximum absolute atomic E-state index is 9.94. The van der Waals surface area contributed by atoms with E-state index in [4.69, 9.17) is 14.7 Å². The number of benzene rings is 1. The highest BCUT2D eigenvalue weighted by atomic mass is 16.5. The van der Waals surface area contributed by atoms with Gasteiger partial charge >= 0.3 is 0 Å². The number of hydrogen-bond donors (Lipinski definition) is 2. The Morgan fingerprint density at radius 2 is 2.43 bits per heavy atom. The van der Waals surface area contributed by atoms with Crippen molar-refractivity contribution in [2.75, 3.05) is 26.4 Å². The molecule has 0 amide bonds. The molecule has 0 saturated carbocycles. The Morgan fingerprint density at radius 3 is 3.14 bits per heavy atom. The molecule has 21 heavy (non-hydrogen) atoms. The quantitative estimate of drug-likeness (QED) is 0.792. The second-order valence-electron chi connectivity index (χ2n) is 5.43. The molecule has 3 atom stereocenters. The molecule has 1 aliphatic rings. The summed E-state index contributed by atoms with van der Waals surface area (Å²) < 4.78 is 10.9. The van der Waals surface area contributed by atoms with Gasteiger partial charge in [-0.25, -0.2) is 0 Å². The second kappa shape index (κ2) is 7.99. The summed E-state index contributed by atoms with van der Waals surface area (Å²) >= 11 is 0. The molecule has 1 aromatic carbocycles. The van der Waals surface area contributed by atoms with Crippen molar-refractivity contribution in [2.45, 2.75) is 25.5 Å². The van der Waals surface area contributed by atoms with Crippen LogP contribution in [-0.4, -0.2) is 43.6 Å². The largest absolute Gasteiger partial charge is 0.491 e. The third-order valence-corrected chi connectivity index (χ3v) is 3.75. The van der Waals surface area contributed by atoms with Crippen LogP contribution in [0.15, 0.2) is 24.3 Å². The normalized spacial score (nSPS) is 20.7. The van der Waals surface area contributed by atoms with Gasteiger partial charge in [-0.1, -0.05) is 6.07 Å². The lowest BCUT2D eigenvalue weighted by Gasteiger charge is -2.21. The Bertz CT molecular complexity index is 481. The molecule has 5 nitrogen and oxygen atoms in total. The molecule has 2 rings (SSSR count). The summed E-state index contributed by atoms with van der Waals surface area (Å²) in [6, 6.07) is 9.31. The van der Waals surface area contributed by atoms with Crippen LogP contribution in [0.2, 0.25) is 0 Å². The first kappa shape index (κ1) is 15.8. The maximum atomic E-state index is 9.94. The van der Waals surface area contributed by atoms with Crippen molar-refractivity contribution in [1.29, 1.82) is 5.26 Å². The lowest BCUT2D eigenvalue weighted by Crippen LogP contribution is -2.40. The average Bonchev–Trinajstić information content (AvgIpc) is 3.05. The number of ether oxygens (including phenoxy) is 2. The number of aliphatic hydroxyl groups excluding tert-OH is 1. The van der Waals surface area contributed by atoms with Crippen molar-refractivity contribution in [3.8, 4) is 11.8 Å². The van der Waals surface area contributed by atoms with E-state index in [1.807, 2.05) is 0 Å². The van der Waals surface area contributed by atoms with Crippen LogP contribution in [0, 0.1) is 17.2 Å². The molecule has 0 bridgehead atoms. The van der Waals surface area contributed by atoms with Gasteiger partial charge in [-0.05, 0) is 37.5 Å². The predicted molar refractivity (Wildman–Crippen MR) is 79.0 cm³/mol. The molecule has 1 aromatic rings. The van der Waals surface area contributed by atoms with Gasteiger partial charge in [-0.15, -0.1) is 0 Å². The zero-order chi connectivity index (χ0) is 15.1. The summed E-state index contributed by atoms with van der Waals surface area (Å²) in [5.74, 6) is 1.12. The molecule has 0 aliphatic carbocycles. The van der Waals surface area contributed by atoms with Crippen molar-refractivity contribution in [2.24, 2.45) is 5.92 Å². The van der Waals surface area contributed by atoms with Crippen LogP contribution in [0.25, 0.3) is 0 Å². The van der Waals surface area contributed by atoms with Crippen molar-refractivity contribution >= 4 is 0 Å². The Balaban J connectivity index is 1.69. The lowest BCUT2D eigenvalue weighted by molar-refractivity contribution is 0.100. The highest BCUT2D eigenvalue weighted by molar-refractivity contribution is 5.36. The highest BCUT2D eigenvalue weighted by Gasteiger charge is 2.22. The topological polar surface area (TPSA) is 74.5 Å². The number of nitrogens with zero attached hydrogens (tertiary/aromatic N) is 1. The van der Waals surface area contributed by atoms with Crippen LogP contribution in [0.1, 0.15) is 18.9 Å². The molecule has 1 saturated heterocycles. The molecule has 1 fully saturated rings. The van der Waals surface area contributed by atoms with Gasteiger partial charge in [-0.2, -0.15) is 5.26 Å². The predicted octanol–water partition coefficient (Wildman–Crippen LogP) is 1.31. The monoisotopic (exact) mass is 290 g/mol. The fraction of sp³-hybridized carbons (Fsp3) is 0.562. The van der Waals surface area contributed by atoms with Crippen LogP contribution >= 0.6 is 0 Å². The maximum Gasteiger partial charge on any atom is 0.120 e. The number of rotatable bonds is 7. The molecule has 2 N–H and O–H groups in total. The van der Waals surface area contributed by atoms with E-state index in [1.54, 1.807) is 24.3 Å². The number of nitriles is 1. The van der Waals surface area contributed by atoms with Crippen LogP contribution in [0.4, 0.5) is 0 Å². The minimum Gasteiger partial charge on any atom is -0.491 e. The van der Waals surface area contributed by atoms with Gasteiger partial charge in [0, 0.05) is 19.2 Å². The average molecular weight is 290 g/mol. The summed E-state index contributed by atoms with van der Waals surface area (Å²) in [7, 11) is 0. The first-order valence-electron chi connectivity index (χ1n) is 7.31. The van der Waals surface area contributed by atoms with Gasteiger partial charge < -0.3 is 19.9 Å². The fourth-order valence-electron chi connectivity index (χ4n) is 2.34. The van der Waals surface area contributed by atoms with Gasteiger partial charge in [0.2, 0.25) is 0 Å². The Hall–Kier alpha value is -1.61. The Labute approximate surface area is 125 Å². The molecule has 3 unspecified atom stereocenters. The fourth-order valence-corrected chi connectivity index (χ4v) is 2.34. The lowest BCUT2D eigenvalue weighted by atomic mass is 10.0. The molecular formula is C16H22N2O3. The standard InChI is InChI=1S/C16H22N2O3/c1-12(14-5-6-20-10-14)18-9-15(19)11-21-16-4-2-3-13(7-16)8-17/h2-4,7,12,14-15,18-19H,5-6,9-11H2,1H3. The van der Waals surface area contributed by atoms with Gasteiger partial charge in [0.25, 0.3) is 0 Å². The van der Waals surface area contributed by atoms with Gasteiger partial charge in [0.05, 0.1) is 18.2 Å². The smallest absolute Gasteiger partial charge is 0.120 e. The molecule has 114 valence electrons. The van der Waals surface area contributed by atoms with E-state index in [0.717, 1.165) is 19.6 Å². The van der Waals surface area contributed by atoms with Gasteiger partial charge in [-0.3, -0.25) is 0 Å². The van der Waals surface area contributed by atoms with Crippen LogP contribution < -0.4 is 10.1 Å². The summed E-state index contributed by atoms with van der Waals surface area (Å²) in [5.41, 5.74) is 0.551. The summed E-state index contributed by atoms with van der Waals surface area (Å²) in [4.78, 5) is 0. The SMILES string of the molecule is CC(NCC(O)COc1cccc(C#N)c1)C1CCOC1. The van der Waals surface area contributed by atoms with E-state index < -0.39 is 6.10 Å². The molecule has 0 aromatic heterocycles. The number of nitrogens with one attached hydrogen (secondary N) is 1. The molecule has 1 aliphatic heterocycles. The number of hydrogen-bond acceptors (Lipinski definition) is 5. The molecule has 0 radical (unpaired) electrons. The summed E-state index contributed by atoms with van der Waals surface area (Å²) in [5, 5.41) is 22.1. The van der Waals surface area contributed by atoms with E-state index in [2.05, 4.69) is 18.3 Å². The first-order chi connectivity index (χ1) is 10.2. The van der Waals surface area contributed by atoms with E-state index in [9.17, 15) is 5.11 Å². The van der Waals surface area contributed by atoms with Crippen molar-refractivity contribution in [1.82, 2.24) is 5.32 Å². The van der Waals surface area contributed by atoms with E-state index in [1.165, 1.54) is 0 Å². The highest BCUT2D eigenvalue weighted by Crippen LogP contribution is 2.16. The van der Waals surface area contributed by atoms with E-state index in [0.29, 0.717) is 29.8 Å². The van der Waals surface area contributed by atoms with Crippen LogP contribution in [0.3, 0.4) is 0 Å². The van der Waals surface area contributed by atoms with Crippen molar-refractivity contribution < 1.29 is 14.6 Å². The van der Waals surface area contributed by atoms with Gasteiger partial charge in [0.15, 0.2) is 0 Å². The first-order valence-corrected chi connectivity index (χ1v) is 7.31. The zero-order valence-corrected chi connectivity index (χ0v) is 12.3. The van der Waals surface area contributed by atoms with E-state index >= 15 is 0 Å². The molecule has 1 heterocycles. The number of aliphatic hydroxyl groups is 1. The van der Waals surface area contributed by atoms with E-state index in [-0.39, 0.29) is 6.61 Å². The van der Waals surface area contributed by atoms with Gasteiger partial charge in [0.1, 0.15) is 18.5 Å². The minimum absolute atomic E-state index is 0.204. The molecule has 0 spiro atoms. The van der Waals surface area contributed by atoms with Crippen LogP contribution in [0.5, 0.6) is 5.75 Å².